The van der Waals surface area contributed by atoms with E-state index < -0.39 is 34.8 Å². The molecule has 1 aliphatic rings. The second kappa shape index (κ2) is 6.88. The van der Waals surface area contributed by atoms with Gasteiger partial charge in [0.25, 0.3) is 0 Å². The van der Waals surface area contributed by atoms with E-state index in [1.165, 1.54) is 0 Å². The summed E-state index contributed by atoms with van der Waals surface area (Å²) in [5.41, 5.74) is -0.836. The summed E-state index contributed by atoms with van der Waals surface area (Å²) in [5.74, 6) is -2.86. The molecule has 0 saturated heterocycles. The zero-order valence-corrected chi connectivity index (χ0v) is 14.1. The lowest BCUT2D eigenvalue weighted by molar-refractivity contribution is -0.137. The number of anilines is 1. The normalized spacial score (nSPS) is 16.1. The number of alkyl halides is 3. The Morgan fingerprint density at radius 2 is 1.63 bits per heavy atom. The molecule has 1 aliphatic carbocycles. The second-order valence-corrected chi connectivity index (χ2v) is 6.44. The van der Waals surface area contributed by atoms with Gasteiger partial charge in [0.2, 0.25) is 5.91 Å². The van der Waals surface area contributed by atoms with E-state index in [1.54, 1.807) is 30.3 Å². The largest absolute Gasteiger partial charge is 0.416 e. The minimum Gasteiger partial charge on any atom is -0.325 e. The molecular weight excluding hydrogens is 357 g/mol. The molecule has 1 unspecified atom stereocenters. The van der Waals surface area contributed by atoms with Gasteiger partial charge in [-0.1, -0.05) is 30.3 Å². The number of Topliss-reactive ketones (excluding diaryl/α,β-unsaturated/α-hetero) is 1. The maximum absolute atomic E-state index is 12.8. The van der Waals surface area contributed by atoms with Crippen molar-refractivity contribution in [2.45, 2.75) is 24.4 Å². The SMILES string of the molecule is N#CC(C(=O)Nc1ccc(C(F)(F)F)cc1)C(=O)C1(c2ccccc2)CC1. The molecule has 1 saturated carbocycles. The summed E-state index contributed by atoms with van der Waals surface area (Å²) in [6.45, 7) is 0. The highest BCUT2D eigenvalue weighted by molar-refractivity contribution is 6.13. The van der Waals surface area contributed by atoms with Gasteiger partial charge in [-0.25, -0.2) is 0 Å². The van der Waals surface area contributed by atoms with Crippen LogP contribution >= 0.6 is 0 Å². The molecule has 7 heteroatoms. The number of nitriles is 1. The summed E-state index contributed by atoms with van der Waals surface area (Å²) in [4.78, 5) is 25.2. The molecule has 138 valence electrons. The number of nitrogens with one attached hydrogen (secondary N) is 1. The van der Waals surface area contributed by atoms with Gasteiger partial charge in [0.1, 0.15) is 0 Å². The zero-order chi connectivity index (χ0) is 19.7. The topological polar surface area (TPSA) is 70.0 Å². The first kappa shape index (κ1) is 18.6. The maximum Gasteiger partial charge on any atom is 0.416 e. The summed E-state index contributed by atoms with van der Waals surface area (Å²) in [6.07, 6.45) is -3.37. The molecule has 2 aromatic rings. The highest BCUT2D eigenvalue weighted by Gasteiger charge is 2.54. The molecule has 0 bridgehead atoms. The summed E-state index contributed by atoms with van der Waals surface area (Å²) >= 11 is 0. The van der Waals surface area contributed by atoms with Crippen molar-refractivity contribution in [1.29, 1.82) is 5.26 Å². The van der Waals surface area contributed by atoms with Crippen LogP contribution in [0.4, 0.5) is 18.9 Å². The van der Waals surface area contributed by atoms with Crippen molar-refractivity contribution in [2.24, 2.45) is 5.92 Å². The van der Waals surface area contributed by atoms with Crippen LogP contribution in [-0.2, 0) is 21.2 Å². The number of nitrogens with zero attached hydrogens (tertiary/aromatic N) is 1. The molecular formula is C20H15F3N2O2. The summed E-state index contributed by atoms with van der Waals surface area (Å²) in [6, 6.07) is 14.5. The first-order valence-electron chi connectivity index (χ1n) is 8.25. The van der Waals surface area contributed by atoms with E-state index >= 15 is 0 Å². The monoisotopic (exact) mass is 372 g/mol. The van der Waals surface area contributed by atoms with Gasteiger partial charge in [0.15, 0.2) is 11.7 Å². The predicted octanol–water partition coefficient (Wildman–Crippen LogP) is 4.08. The maximum atomic E-state index is 12.8. The molecule has 1 atom stereocenters. The molecule has 0 aromatic heterocycles. The number of rotatable bonds is 5. The van der Waals surface area contributed by atoms with Crippen molar-refractivity contribution in [1.82, 2.24) is 0 Å². The molecule has 3 rings (SSSR count). The third-order valence-electron chi connectivity index (χ3n) is 4.68. The Labute approximate surface area is 153 Å². The van der Waals surface area contributed by atoms with Gasteiger partial charge < -0.3 is 5.32 Å². The number of hydrogen-bond acceptors (Lipinski definition) is 3. The van der Waals surface area contributed by atoms with Crippen LogP contribution in [0, 0.1) is 17.2 Å². The van der Waals surface area contributed by atoms with Crippen LogP contribution in [0.15, 0.2) is 54.6 Å². The zero-order valence-electron chi connectivity index (χ0n) is 14.1. The van der Waals surface area contributed by atoms with Crippen molar-refractivity contribution >= 4 is 17.4 Å². The standard InChI is InChI=1S/C20H15F3N2O2/c21-20(22,23)14-6-8-15(9-7-14)25-18(27)16(12-24)17(26)19(10-11-19)13-4-2-1-3-5-13/h1-9,16H,10-11H2,(H,25,27). The first-order valence-corrected chi connectivity index (χ1v) is 8.25. The molecule has 0 spiro atoms. The number of halogens is 3. The first-order chi connectivity index (χ1) is 12.8. The highest BCUT2D eigenvalue weighted by atomic mass is 19.4. The Balaban J connectivity index is 1.75. The van der Waals surface area contributed by atoms with Crippen molar-refractivity contribution in [3.8, 4) is 6.07 Å². The fraction of sp³-hybridized carbons (Fsp3) is 0.250. The Morgan fingerprint density at radius 1 is 1.04 bits per heavy atom. The number of amides is 1. The van der Waals surface area contributed by atoms with Crippen LogP contribution in [0.5, 0.6) is 0 Å². The van der Waals surface area contributed by atoms with Gasteiger partial charge in [0, 0.05) is 5.69 Å². The minimum absolute atomic E-state index is 0.0885. The number of hydrogen-bond donors (Lipinski definition) is 1. The van der Waals surface area contributed by atoms with Gasteiger partial charge in [-0.05, 0) is 42.7 Å². The molecule has 1 N–H and O–H groups in total. The van der Waals surface area contributed by atoms with Gasteiger partial charge in [-0.15, -0.1) is 0 Å². The van der Waals surface area contributed by atoms with Crippen molar-refractivity contribution in [3.05, 3.63) is 65.7 Å². The van der Waals surface area contributed by atoms with Crippen molar-refractivity contribution in [3.63, 3.8) is 0 Å². The number of benzene rings is 2. The van der Waals surface area contributed by atoms with E-state index in [0.717, 1.165) is 29.8 Å². The number of ketones is 1. The molecule has 1 fully saturated rings. The molecule has 2 aromatic carbocycles. The van der Waals surface area contributed by atoms with Crippen LogP contribution in [0.1, 0.15) is 24.0 Å². The van der Waals surface area contributed by atoms with E-state index in [0.29, 0.717) is 12.8 Å². The Hall–Kier alpha value is -3.14. The van der Waals surface area contributed by atoms with Crippen molar-refractivity contribution < 1.29 is 22.8 Å². The average molecular weight is 372 g/mol. The van der Waals surface area contributed by atoms with Gasteiger partial charge in [0.05, 0.1) is 17.0 Å². The third kappa shape index (κ3) is 3.70. The van der Waals surface area contributed by atoms with E-state index in [9.17, 15) is 28.0 Å². The van der Waals surface area contributed by atoms with Crippen LogP contribution in [0.25, 0.3) is 0 Å². The predicted molar refractivity (Wildman–Crippen MR) is 91.5 cm³/mol. The van der Waals surface area contributed by atoms with E-state index in [-0.39, 0.29) is 5.69 Å². The fourth-order valence-electron chi connectivity index (χ4n) is 3.03. The smallest absolute Gasteiger partial charge is 0.325 e. The van der Waals surface area contributed by atoms with Crippen molar-refractivity contribution in [2.75, 3.05) is 5.32 Å². The van der Waals surface area contributed by atoms with Crippen LogP contribution in [-0.4, -0.2) is 11.7 Å². The molecule has 0 aliphatic heterocycles. The van der Waals surface area contributed by atoms with Gasteiger partial charge in [-0.3, -0.25) is 9.59 Å². The summed E-state index contributed by atoms with van der Waals surface area (Å²) < 4.78 is 37.8. The highest BCUT2D eigenvalue weighted by Crippen LogP contribution is 2.50. The molecule has 0 heterocycles. The number of carbonyl (C=O) groups is 2. The lowest BCUT2D eigenvalue weighted by Gasteiger charge is -2.18. The van der Waals surface area contributed by atoms with E-state index in [4.69, 9.17) is 0 Å². The number of carbonyl (C=O) groups excluding carboxylic acids is 2. The lowest BCUT2D eigenvalue weighted by Crippen LogP contribution is -2.35. The molecule has 1 amide bonds. The lowest BCUT2D eigenvalue weighted by atomic mass is 9.84. The molecule has 0 radical (unpaired) electrons. The Bertz CT molecular complexity index is 896. The fourth-order valence-corrected chi connectivity index (χ4v) is 3.03. The third-order valence-corrected chi connectivity index (χ3v) is 4.68. The molecule has 27 heavy (non-hydrogen) atoms. The van der Waals surface area contributed by atoms with Gasteiger partial charge in [-0.2, -0.15) is 18.4 Å². The molecule has 4 nitrogen and oxygen atoms in total. The summed E-state index contributed by atoms with van der Waals surface area (Å²) in [5, 5.41) is 11.7. The van der Waals surface area contributed by atoms with E-state index in [2.05, 4.69) is 5.32 Å². The minimum atomic E-state index is -4.48. The summed E-state index contributed by atoms with van der Waals surface area (Å²) in [7, 11) is 0. The van der Waals surface area contributed by atoms with E-state index in [1.807, 2.05) is 6.07 Å². The van der Waals surface area contributed by atoms with Crippen LogP contribution in [0.3, 0.4) is 0 Å². The van der Waals surface area contributed by atoms with Gasteiger partial charge >= 0.3 is 6.18 Å². The second-order valence-electron chi connectivity index (χ2n) is 6.44. The Kier molecular flexibility index (Phi) is 4.75. The quantitative estimate of drug-likeness (QED) is 0.804. The van der Waals surface area contributed by atoms with Crippen LogP contribution < -0.4 is 5.32 Å². The van der Waals surface area contributed by atoms with Crippen LogP contribution in [0.2, 0.25) is 0 Å². The Morgan fingerprint density at radius 3 is 2.11 bits per heavy atom. The average Bonchev–Trinajstić information content (AvgIpc) is 3.44.